The van der Waals surface area contributed by atoms with E-state index in [-0.39, 0.29) is 5.75 Å². The molecule has 0 saturated carbocycles. The van der Waals surface area contributed by atoms with Crippen molar-refractivity contribution in [1.82, 2.24) is 0 Å². The molecule has 0 aromatic heterocycles. The van der Waals surface area contributed by atoms with Crippen LogP contribution in [0.1, 0.15) is 25.0 Å². The normalized spacial score (nSPS) is 14.3. The molecule has 4 nitrogen and oxygen atoms in total. The Balaban J connectivity index is 1.87. The Labute approximate surface area is 154 Å². The molecule has 0 aliphatic carbocycles. The van der Waals surface area contributed by atoms with Crippen molar-refractivity contribution in [3.05, 3.63) is 64.7 Å². The van der Waals surface area contributed by atoms with Gasteiger partial charge in [-0.2, -0.15) is 0 Å². The van der Waals surface area contributed by atoms with Crippen LogP contribution < -0.4 is 9.47 Å². The maximum absolute atomic E-state index is 11.9. The summed E-state index contributed by atoms with van der Waals surface area (Å²) in [6.07, 6.45) is 4.13. The number of sulfone groups is 1. The summed E-state index contributed by atoms with van der Waals surface area (Å²) >= 11 is 0. The Morgan fingerprint density at radius 2 is 1.92 bits per heavy atom. The van der Waals surface area contributed by atoms with Crippen LogP contribution in [-0.4, -0.2) is 27.9 Å². The minimum atomic E-state index is -3.17. The Bertz CT molecular complexity index is 968. The molecule has 1 heterocycles. The Morgan fingerprint density at radius 1 is 1.19 bits per heavy atom. The summed E-state index contributed by atoms with van der Waals surface area (Å²) in [6.45, 7) is 4.18. The third kappa shape index (κ3) is 3.83. The number of hydrogen-bond acceptors (Lipinski definition) is 4. The van der Waals surface area contributed by atoms with Gasteiger partial charge in [0.2, 0.25) is 0 Å². The molecule has 0 unspecified atom stereocenters. The van der Waals surface area contributed by atoms with Crippen molar-refractivity contribution in [2.24, 2.45) is 0 Å². The van der Waals surface area contributed by atoms with Gasteiger partial charge in [-0.05, 0) is 60.0 Å². The summed E-state index contributed by atoms with van der Waals surface area (Å²) in [5, 5.41) is 0. The molecule has 3 rings (SSSR count). The molecule has 2 aromatic rings. The van der Waals surface area contributed by atoms with Gasteiger partial charge in [0.15, 0.2) is 9.84 Å². The first kappa shape index (κ1) is 18.3. The first-order valence-electron chi connectivity index (χ1n) is 8.46. The highest BCUT2D eigenvalue weighted by molar-refractivity contribution is 7.91. The summed E-state index contributed by atoms with van der Waals surface area (Å²) < 4.78 is 34.9. The Morgan fingerprint density at radius 3 is 2.58 bits per heavy atom. The smallest absolute Gasteiger partial charge is 0.178 e. The summed E-state index contributed by atoms with van der Waals surface area (Å²) in [5.41, 5.74) is 4.10. The molecule has 1 aliphatic heterocycles. The molecular weight excluding hydrogens is 348 g/mol. The number of ether oxygens (including phenoxy) is 2. The second kappa shape index (κ2) is 7.38. The minimum absolute atomic E-state index is 0.105. The number of methoxy groups -OCH3 is 1. The molecule has 26 heavy (non-hydrogen) atoms. The lowest BCUT2D eigenvalue weighted by Crippen LogP contribution is -2.08. The zero-order valence-electron chi connectivity index (χ0n) is 15.2. The molecule has 5 heteroatoms. The summed E-state index contributed by atoms with van der Waals surface area (Å²) in [4.78, 5) is 0.357. The van der Waals surface area contributed by atoms with Crippen molar-refractivity contribution in [2.75, 3.05) is 19.5 Å². The molecule has 1 aliphatic rings. The lowest BCUT2D eigenvalue weighted by Gasteiger charge is -2.19. The van der Waals surface area contributed by atoms with Crippen LogP contribution in [0.15, 0.2) is 58.5 Å². The molecule has 0 saturated heterocycles. The van der Waals surface area contributed by atoms with Crippen molar-refractivity contribution in [3.63, 3.8) is 0 Å². The third-order valence-electron chi connectivity index (χ3n) is 4.44. The van der Waals surface area contributed by atoms with E-state index in [9.17, 15) is 8.42 Å². The monoisotopic (exact) mass is 370 g/mol. The van der Waals surface area contributed by atoms with Gasteiger partial charge in [-0.25, -0.2) is 8.42 Å². The SMILES string of the molecule is CCS(=O)(=O)c1ccc(/C=C(\C)C2=Cc3cc(OC)ccc3OC2)cc1. The lowest BCUT2D eigenvalue weighted by atomic mass is 10.00. The molecular formula is C21H22O4S. The average Bonchev–Trinajstić information content (AvgIpc) is 2.67. The Kier molecular flexibility index (Phi) is 5.18. The van der Waals surface area contributed by atoms with Crippen LogP contribution in [0.5, 0.6) is 11.5 Å². The van der Waals surface area contributed by atoms with Crippen LogP contribution in [0.2, 0.25) is 0 Å². The molecule has 0 radical (unpaired) electrons. The maximum atomic E-state index is 11.9. The molecule has 0 amide bonds. The van der Waals surface area contributed by atoms with Gasteiger partial charge in [-0.15, -0.1) is 0 Å². The van der Waals surface area contributed by atoms with Gasteiger partial charge < -0.3 is 9.47 Å². The van der Waals surface area contributed by atoms with Gasteiger partial charge >= 0.3 is 0 Å². The van der Waals surface area contributed by atoms with E-state index in [1.54, 1.807) is 26.2 Å². The predicted molar refractivity (Wildman–Crippen MR) is 104 cm³/mol. The topological polar surface area (TPSA) is 52.6 Å². The fraction of sp³-hybridized carbons (Fsp3) is 0.238. The van der Waals surface area contributed by atoms with Crippen LogP contribution in [-0.2, 0) is 9.84 Å². The largest absolute Gasteiger partial charge is 0.497 e. The second-order valence-corrected chi connectivity index (χ2v) is 8.44. The number of rotatable bonds is 5. The van der Waals surface area contributed by atoms with Crippen molar-refractivity contribution in [2.45, 2.75) is 18.7 Å². The van der Waals surface area contributed by atoms with E-state index < -0.39 is 9.84 Å². The van der Waals surface area contributed by atoms with E-state index in [1.165, 1.54) is 0 Å². The zero-order chi connectivity index (χ0) is 18.7. The van der Waals surface area contributed by atoms with Crippen LogP contribution >= 0.6 is 0 Å². The molecule has 0 spiro atoms. The van der Waals surface area contributed by atoms with Crippen LogP contribution in [0.3, 0.4) is 0 Å². The van der Waals surface area contributed by atoms with Crippen LogP contribution in [0.4, 0.5) is 0 Å². The molecule has 2 aromatic carbocycles. The zero-order valence-corrected chi connectivity index (χ0v) is 16.0. The first-order valence-corrected chi connectivity index (χ1v) is 10.1. The summed E-state index contributed by atoms with van der Waals surface area (Å²) in [7, 11) is -1.53. The van der Waals surface area contributed by atoms with Crippen LogP contribution in [0, 0.1) is 0 Å². The molecule has 0 atom stereocenters. The van der Waals surface area contributed by atoms with E-state index in [4.69, 9.17) is 9.47 Å². The number of fused-ring (bicyclic) bond motifs is 1. The standard InChI is InChI=1S/C21H22O4S/c1-4-26(22,23)20-8-5-16(6-9-20)11-15(2)18-12-17-13-19(24-3)7-10-21(17)25-14-18/h5-13H,4,14H2,1-3H3/b15-11+. The van der Waals surface area contributed by atoms with Gasteiger partial charge in [-0.3, -0.25) is 0 Å². The molecule has 0 bridgehead atoms. The molecule has 0 N–H and O–H groups in total. The van der Waals surface area contributed by atoms with Gasteiger partial charge in [-0.1, -0.05) is 25.1 Å². The van der Waals surface area contributed by atoms with Crippen molar-refractivity contribution >= 4 is 22.0 Å². The molecule has 0 fully saturated rings. The number of hydrogen-bond donors (Lipinski definition) is 0. The van der Waals surface area contributed by atoms with Crippen LogP contribution in [0.25, 0.3) is 12.2 Å². The average molecular weight is 370 g/mol. The van der Waals surface area contributed by atoms with E-state index >= 15 is 0 Å². The van der Waals surface area contributed by atoms with E-state index in [2.05, 4.69) is 6.08 Å². The second-order valence-electron chi connectivity index (χ2n) is 6.16. The van der Waals surface area contributed by atoms with Gasteiger partial charge in [0.25, 0.3) is 0 Å². The maximum Gasteiger partial charge on any atom is 0.178 e. The van der Waals surface area contributed by atoms with E-state index in [0.717, 1.165) is 33.8 Å². The molecule has 136 valence electrons. The first-order chi connectivity index (χ1) is 12.4. The predicted octanol–water partition coefficient (Wildman–Crippen LogP) is 4.37. The fourth-order valence-corrected chi connectivity index (χ4v) is 3.68. The lowest BCUT2D eigenvalue weighted by molar-refractivity contribution is 0.347. The summed E-state index contributed by atoms with van der Waals surface area (Å²) in [5.74, 6) is 1.74. The highest BCUT2D eigenvalue weighted by atomic mass is 32.2. The summed E-state index contributed by atoms with van der Waals surface area (Å²) in [6, 6.07) is 12.7. The highest BCUT2D eigenvalue weighted by Gasteiger charge is 2.14. The van der Waals surface area contributed by atoms with Gasteiger partial charge in [0.1, 0.15) is 18.1 Å². The van der Waals surface area contributed by atoms with Crippen molar-refractivity contribution < 1.29 is 17.9 Å². The van der Waals surface area contributed by atoms with Crippen molar-refractivity contribution in [3.8, 4) is 11.5 Å². The van der Waals surface area contributed by atoms with Gasteiger partial charge in [0.05, 0.1) is 17.8 Å². The van der Waals surface area contributed by atoms with Gasteiger partial charge in [0, 0.05) is 5.56 Å². The fourth-order valence-electron chi connectivity index (χ4n) is 2.79. The highest BCUT2D eigenvalue weighted by Crippen LogP contribution is 2.32. The third-order valence-corrected chi connectivity index (χ3v) is 6.19. The Hall–Kier alpha value is -2.53. The van der Waals surface area contributed by atoms with Crippen molar-refractivity contribution in [1.29, 1.82) is 0 Å². The number of benzene rings is 2. The minimum Gasteiger partial charge on any atom is -0.497 e. The quantitative estimate of drug-likeness (QED) is 0.784. The van der Waals surface area contributed by atoms with E-state index in [0.29, 0.717) is 11.5 Å². The van der Waals surface area contributed by atoms with E-state index in [1.807, 2.05) is 43.3 Å².